The third-order valence-corrected chi connectivity index (χ3v) is 5.37. The van der Waals surface area contributed by atoms with Crippen molar-refractivity contribution in [1.82, 2.24) is 9.55 Å². The number of carbonyl (C=O) groups excluding carboxylic acids is 3. The molecule has 0 saturated carbocycles. The number of rotatable bonds is 10. The number of aromatic nitrogens is 2. The molecule has 34 heavy (non-hydrogen) atoms. The molecule has 3 rings (SSSR count). The predicted octanol–water partition coefficient (Wildman–Crippen LogP) is 5.25. The zero-order chi connectivity index (χ0) is 25.1. The first-order valence-corrected chi connectivity index (χ1v) is 11.3. The van der Waals surface area contributed by atoms with E-state index in [-0.39, 0.29) is 23.2 Å². The summed E-state index contributed by atoms with van der Waals surface area (Å²) >= 11 is 0. The lowest BCUT2D eigenvalue weighted by molar-refractivity contribution is -0.191. The fraction of sp³-hybridized carbons (Fsp3) is 0.385. The van der Waals surface area contributed by atoms with Gasteiger partial charge in [0.15, 0.2) is 0 Å². The standard InChI is InChI=1S/C25H28F2N2O2.CO2/c1-3-4-5-8-21(30)9-6-7-10-24-28-23-13-17(2)11-12-22(23)25(31)29(24)20-15-18(26)14-19(27)16-20;2-1-3/h11-16H,3-10H2,1-2H3;. The van der Waals surface area contributed by atoms with Gasteiger partial charge in [-0.3, -0.25) is 14.2 Å². The number of Topliss-reactive ketones (excluding diaryl/α,β-unsaturated/α-hetero) is 1. The Bertz CT molecular complexity index is 1210. The summed E-state index contributed by atoms with van der Waals surface area (Å²) in [4.78, 5) is 46.1. The Labute approximate surface area is 196 Å². The summed E-state index contributed by atoms with van der Waals surface area (Å²) in [6.07, 6.45) is 6.18. The Balaban J connectivity index is 0.00000129. The quantitative estimate of drug-likeness (QED) is 0.378. The molecule has 6 nitrogen and oxygen atoms in total. The fourth-order valence-electron chi connectivity index (χ4n) is 3.75. The molecule has 3 aromatic rings. The first-order chi connectivity index (χ1) is 16.3. The Kier molecular flexibility index (Phi) is 10.4. The minimum Gasteiger partial charge on any atom is -0.300 e. The summed E-state index contributed by atoms with van der Waals surface area (Å²) in [6.45, 7) is 4.02. The molecule has 0 atom stereocenters. The topological polar surface area (TPSA) is 86.1 Å². The second-order valence-corrected chi connectivity index (χ2v) is 8.10. The number of nitrogens with zero attached hydrogens (tertiary/aromatic N) is 2. The van der Waals surface area contributed by atoms with Gasteiger partial charge < -0.3 is 0 Å². The molecule has 2 aromatic carbocycles. The van der Waals surface area contributed by atoms with E-state index in [4.69, 9.17) is 9.59 Å². The highest BCUT2D eigenvalue weighted by Crippen LogP contribution is 2.18. The molecule has 1 heterocycles. The lowest BCUT2D eigenvalue weighted by Gasteiger charge is -2.14. The lowest BCUT2D eigenvalue weighted by Crippen LogP contribution is -2.24. The van der Waals surface area contributed by atoms with Crippen molar-refractivity contribution in [3.05, 3.63) is 69.8 Å². The van der Waals surface area contributed by atoms with Crippen molar-refractivity contribution in [2.75, 3.05) is 0 Å². The highest BCUT2D eigenvalue weighted by Gasteiger charge is 2.15. The van der Waals surface area contributed by atoms with Crippen LogP contribution in [-0.4, -0.2) is 21.5 Å². The highest BCUT2D eigenvalue weighted by molar-refractivity contribution is 5.79. The Morgan fingerprint density at radius 1 is 0.971 bits per heavy atom. The van der Waals surface area contributed by atoms with Gasteiger partial charge in [0.05, 0.1) is 16.6 Å². The number of ketones is 1. The van der Waals surface area contributed by atoms with Gasteiger partial charge in [0.2, 0.25) is 0 Å². The van der Waals surface area contributed by atoms with Gasteiger partial charge in [0, 0.05) is 25.3 Å². The maximum absolute atomic E-state index is 13.9. The number of hydrogen-bond donors (Lipinski definition) is 0. The molecular weight excluding hydrogens is 442 g/mol. The zero-order valence-electron chi connectivity index (χ0n) is 19.4. The summed E-state index contributed by atoms with van der Waals surface area (Å²) in [6, 6.07) is 8.36. The van der Waals surface area contributed by atoms with Gasteiger partial charge in [-0.25, -0.2) is 13.8 Å². The van der Waals surface area contributed by atoms with E-state index >= 15 is 0 Å². The molecule has 0 amide bonds. The third kappa shape index (κ3) is 7.52. The SMILES string of the molecule is CCCCCC(=O)CCCCc1nc2cc(C)ccc2c(=O)n1-c1cc(F)cc(F)c1.O=C=O. The first kappa shape index (κ1) is 26.7. The van der Waals surface area contributed by atoms with Gasteiger partial charge in [-0.05, 0) is 56.0 Å². The molecule has 0 saturated heterocycles. The monoisotopic (exact) mass is 470 g/mol. The van der Waals surface area contributed by atoms with Crippen LogP contribution < -0.4 is 5.56 Å². The number of benzene rings is 2. The van der Waals surface area contributed by atoms with Gasteiger partial charge >= 0.3 is 6.15 Å². The number of aryl methyl sites for hydroxylation is 2. The smallest absolute Gasteiger partial charge is 0.300 e. The molecule has 0 aliphatic heterocycles. The van der Waals surface area contributed by atoms with Crippen LogP contribution in [0.25, 0.3) is 16.6 Å². The largest absolute Gasteiger partial charge is 0.373 e. The minimum atomic E-state index is -0.755. The van der Waals surface area contributed by atoms with Crippen molar-refractivity contribution in [2.45, 2.75) is 65.2 Å². The van der Waals surface area contributed by atoms with Crippen LogP contribution >= 0.6 is 0 Å². The number of carbonyl (C=O) groups is 1. The molecule has 0 fully saturated rings. The maximum Gasteiger partial charge on any atom is 0.373 e. The fourth-order valence-corrected chi connectivity index (χ4v) is 3.75. The Hall–Kier alpha value is -3.51. The van der Waals surface area contributed by atoms with E-state index in [0.29, 0.717) is 48.8 Å². The number of unbranched alkanes of at least 4 members (excludes halogenated alkanes) is 3. The van der Waals surface area contributed by atoms with Crippen LogP contribution in [0.4, 0.5) is 8.78 Å². The van der Waals surface area contributed by atoms with E-state index in [9.17, 15) is 18.4 Å². The third-order valence-electron chi connectivity index (χ3n) is 5.37. The van der Waals surface area contributed by atoms with E-state index < -0.39 is 11.6 Å². The number of hydrogen-bond acceptors (Lipinski definition) is 5. The van der Waals surface area contributed by atoms with E-state index in [1.807, 2.05) is 19.1 Å². The molecule has 0 radical (unpaired) electrons. The van der Waals surface area contributed by atoms with Crippen LogP contribution in [0.15, 0.2) is 41.2 Å². The summed E-state index contributed by atoms with van der Waals surface area (Å²) in [5.41, 5.74) is 1.28. The van der Waals surface area contributed by atoms with Crippen molar-refractivity contribution in [2.24, 2.45) is 0 Å². The van der Waals surface area contributed by atoms with Crippen molar-refractivity contribution in [1.29, 1.82) is 0 Å². The average Bonchev–Trinajstić information content (AvgIpc) is 2.76. The predicted molar refractivity (Wildman–Crippen MR) is 124 cm³/mol. The highest BCUT2D eigenvalue weighted by atomic mass is 19.1. The second kappa shape index (κ2) is 13.3. The van der Waals surface area contributed by atoms with Crippen LogP contribution in [0.3, 0.4) is 0 Å². The Morgan fingerprint density at radius 2 is 1.59 bits per heavy atom. The summed E-state index contributed by atoms with van der Waals surface area (Å²) in [5.74, 6) is -0.823. The van der Waals surface area contributed by atoms with Crippen molar-refractivity contribution in [3.63, 3.8) is 0 Å². The van der Waals surface area contributed by atoms with Gasteiger partial charge in [-0.2, -0.15) is 9.59 Å². The molecule has 1 aromatic heterocycles. The van der Waals surface area contributed by atoms with Crippen LogP contribution in [0.2, 0.25) is 0 Å². The normalized spacial score (nSPS) is 10.5. The molecule has 0 spiro atoms. The van der Waals surface area contributed by atoms with E-state index in [1.165, 1.54) is 4.57 Å². The van der Waals surface area contributed by atoms with Gasteiger partial charge in [-0.1, -0.05) is 25.8 Å². The van der Waals surface area contributed by atoms with Gasteiger partial charge in [0.25, 0.3) is 5.56 Å². The lowest BCUT2D eigenvalue weighted by atomic mass is 10.1. The van der Waals surface area contributed by atoms with Crippen molar-refractivity contribution >= 4 is 22.8 Å². The molecule has 8 heteroatoms. The molecule has 0 unspecified atom stereocenters. The molecule has 0 aliphatic rings. The van der Waals surface area contributed by atoms with Crippen LogP contribution in [-0.2, 0) is 20.8 Å². The molecule has 0 bridgehead atoms. The molecule has 0 aliphatic carbocycles. The van der Waals surface area contributed by atoms with E-state index in [1.54, 1.807) is 6.07 Å². The minimum absolute atomic E-state index is 0.114. The van der Waals surface area contributed by atoms with Gasteiger partial charge in [-0.15, -0.1) is 0 Å². The van der Waals surface area contributed by atoms with Crippen LogP contribution in [0, 0.1) is 18.6 Å². The van der Waals surface area contributed by atoms with Crippen molar-refractivity contribution < 1.29 is 23.2 Å². The molecular formula is C26H28F2N2O4. The van der Waals surface area contributed by atoms with Crippen molar-refractivity contribution in [3.8, 4) is 5.69 Å². The number of halogens is 2. The maximum atomic E-state index is 13.9. The first-order valence-electron chi connectivity index (χ1n) is 11.3. The Morgan fingerprint density at radius 3 is 2.21 bits per heavy atom. The van der Waals surface area contributed by atoms with Gasteiger partial charge in [0.1, 0.15) is 23.2 Å². The van der Waals surface area contributed by atoms with E-state index in [2.05, 4.69) is 11.9 Å². The summed E-state index contributed by atoms with van der Waals surface area (Å²) in [7, 11) is 0. The summed E-state index contributed by atoms with van der Waals surface area (Å²) in [5, 5.41) is 0.394. The summed E-state index contributed by atoms with van der Waals surface area (Å²) < 4.78 is 29.0. The average molecular weight is 471 g/mol. The van der Waals surface area contributed by atoms with Crippen LogP contribution in [0.5, 0.6) is 0 Å². The molecule has 0 N–H and O–H groups in total. The zero-order valence-corrected chi connectivity index (χ0v) is 19.4. The van der Waals surface area contributed by atoms with Crippen LogP contribution in [0.1, 0.15) is 63.3 Å². The molecule has 180 valence electrons. The number of fused-ring (bicyclic) bond motifs is 1. The second-order valence-electron chi connectivity index (χ2n) is 8.10. The van der Waals surface area contributed by atoms with E-state index in [0.717, 1.165) is 43.0 Å².